The third kappa shape index (κ3) is 8.09. The molecule has 6 heteroatoms. The average Bonchev–Trinajstić information content (AvgIpc) is 3.31. The fraction of sp³-hybridized carbons (Fsp3) is 0.370. The molecule has 0 saturated heterocycles. The molecule has 3 rings (SSSR count). The Morgan fingerprint density at radius 3 is 2.27 bits per heavy atom. The molecule has 2 N–H and O–H groups in total. The highest BCUT2D eigenvalue weighted by molar-refractivity contribution is 7.14. The lowest BCUT2D eigenvalue weighted by Crippen LogP contribution is -2.43. The van der Waals surface area contributed by atoms with E-state index in [2.05, 4.69) is 11.8 Å². The van der Waals surface area contributed by atoms with Crippen molar-refractivity contribution in [1.29, 1.82) is 0 Å². The van der Waals surface area contributed by atoms with Crippen LogP contribution in [0.3, 0.4) is 0 Å². The number of ether oxygens (including phenoxy) is 1. The molecule has 0 aliphatic heterocycles. The summed E-state index contributed by atoms with van der Waals surface area (Å²) < 4.78 is 5.72. The van der Waals surface area contributed by atoms with Crippen molar-refractivity contribution in [2.24, 2.45) is 0 Å². The highest BCUT2D eigenvalue weighted by atomic mass is 32.1. The molecule has 0 amide bonds. The first kappa shape index (κ1) is 25.1. The summed E-state index contributed by atoms with van der Waals surface area (Å²) in [6, 6.07) is 23.0. The number of aliphatic hydroxyl groups is 2. The molecule has 0 bridgehead atoms. The number of Topliss-reactive ketones (excluding diaryl/α,β-unsaturated/α-hetero) is 1. The van der Waals surface area contributed by atoms with Gasteiger partial charge in [-0.15, -0.1) is 11.3 Å². The van der Waals surface area contributed by atoms with E-state index in [1.807, 2.05) is 72.8 Å². The molecule has 2 unspecified atom stereocenters. The number of benzene rings is 2. The van der Waals surface area contributed by atoms with Gasteiger partial charge in [-0.05, 0) is 56.5 Å². The van der Waals surface area contributed by atoms with Gasteiger partial charge in [-0.25, -0.2) is 0 Å². The standard InChI is InChI=1S/C27H33NO4S/c1-20(13-14-25-15-16-27(33-25)21(2)29)28(18-26(31)22-9-5-3-6-10-22)17-23(30)19-32-24-11-7-4-8-12-24/h3-12,15-16,20,23,26,30-31H,13-14,17-19H2,1-2H3/t20?,23?,26-/m0/s1. The number of carbonyl (C=O) groups excluding carboxylic acids is 1. The third-order valence-electron chi connectivity index (χ3n) is 5.66. The van der Waals surface area contributed by atoms with Gasteiger partial charge in [0.2, 0.25) is 0 Å². The topological polar surface area (TPSA) is 70.0 Å². The van der Waals surface area contributed by atoms with Crippen LogP contribution in [-0.4, -0.2) is 52.7 Å². The second-order valence-corrected chi connectivity index (χ2v) is 9.54. The van der Waals surface area contributed by atoms with Gasteiger partial charge in [0.1, 0.15) is 18.5 Å². The molecule has 0 spiro atoms. The van der Waals surface area contributed by atoms with Crippen LogP contribution < -0.4 is 4.74 Å². The van der Waals surface area contributed by atoms with Gasteiger partial charge in [0, 0.05) is 24.0 Å². The zero-order chi connectivity index (χ0) is 23.6. The zero-order valence-electron chi connectivity index (χ0n) is 19.3. The van der Waals surface area contributed by atoms with Crippen molar-refractivity contribution >= 4 is 17.1 Å². The van der Waals surface area contributed by atoms with E-state index in [0.717, 1.165) is 29.0 Å². The largest absolute Gasteiger partial charge is 0.491 e. The molecule has 0 saturated carbocycles. The van der Waals surface area contributed by atoms with Gasteiger partial charge < -0.3 is 14.9 Å². The first-order chi connectivity index (χ1) is 15.9. The van der Waals surface area contributed by atoms with Crippen molar-refractivity contribution < 1.29 is 19.7 Å². The summed E-state index contributed by atoms with van der Waals surface area (Å²) in [6.45, 7) is 4.69. The number of rotatable bonds is 13. The maximum Gasteiger partial charge on any atom is 0.169 e. The number of nitrogens with zero attached hydrogens (tertiary/aromatic N) is 1. The van der Waals surface area contributed by atoms with E-state index in [1.54, 1.807) is 6.92 Å². The molecule has 176 valence electrons. The van der Waals surface area contributed by atoms with Crippen LogP contribution in [-0.2, 0) is 6.42 Å². The minimum absolute atomic E-state index is 0.0912. The Morgan fingerprint density at radius 1 is 0.970 bits per heavy atom. The lowest BCUT2D eigenvalue weighted by atomic mass is 10.1. The number of hydrogen-bond acceptors (Lipinski definition) is 6. The molecule has 0 fully saturated rings. The third-order valence-corrected chi connectivity index (χ3v) is 6.91. The molecule has 0 aliphatic rings. The minimum Gasteiger partial charge on any atom is -0.491 e. The van der Waals surface area contributed by atoms with E-state index in [9.17, 15) is 15.0 Å². The van der Waals surface area contributed by atoms with E-state index in [1.165, 1.54) is 16.2 Å². The molecule has 5 nitrogen and oxygen atoms in total. The van der Waals surface area contributed by atoms with E-state index in [4.69, 9.17) is 4.74 Å². The maximum atomic E-state index is 11.6. The van der Waals surface area contributed by atoms with Crippen molar-refractivity contribution in [3.05, 3.63) is 88.1 Å². The number of thiophene rings is 1. The molecule has 0 aliphatic carbocycles. The second kappa shape index (κ2) is 12.7. The van der Waals surface area contributed by atoms with Gasteiger partial charge in [-0.3, -0.25) is 9.69 Å². The quantitative estimate of drug-likeness (QED) is 0.355. The first-order valence-corrected chi connectivity index (χ1v) is 12.2. The Kier molecular flexibility index (Phi) is 9.63. The summed E-state index contributed by atoms with van der Waals surface area (Å²) in [4.78, 5) is 15.7. The van der Waals surface area contributed by atoms with Crippen molar-refractivity contribution in [2.45, 2.75) is 44.9 Å². The lowest BCUT2D eigenvalue weighted by molar-refractivity contribution is 0.0276. The van der Waals surface area contributed by atoms with Gasteiger partial charge in [-0.1, -0.05) is 48.5 Å². The first-order valence-electron chi connectivity index (χ1n) is 11.3. The summed E-state index contributed by atoms with van der Waals surface area (Å²) >= 11 is 1.54. The maximum absolute atomic E-state index is 11.6. The Morgan fingerprint density at radius 2 is 1.64 bits per heavy atom. The molecular weight excluding hydrogens is 434 g/mol. The number of carbonyl (C=O) groups is 1. The number of hydrogen-bond donors (Lipinski definition) is 2. The van der Waals surface area contributed by atoms with Crippen LogP contribution in [0, 0.1) is 0 Å². The molecule has 2 aromatic carbocycles. The molecule has 1 heterocycles. The number of para-hydroxylation sites is 1. The number of aliphatic hydroxyl groups excluding tert-OH is 2. The minimum atomic E-state index is -0.693. The van der Waals surface area contributed by atoms with Crippen LogP contribution in [0.15, 0.2) is 72.8 Å². The molecule has 3 atom stereocenters. The monoisotopic (exact) mass is 467 g/mol. The predicted octanol–water partition coefficient (Wildman–Crippen LogP) is 4.75. The fourth-order valence-corrected chi connectivity index (χ4v) is 4.62. The Bertz CT molecular complexity index is 976. The van der Waals surface area contributed by atoms with Crippen LogP contribution in [0.5, 0.6) is 5.75 Å². The molecule has 33 heavy (non-hydrogen) atoms. The van der Waals surface area contributed by atoms with Gasteiger partial charge >= 0.3 is 0 Å². The van der Waals surface area contributed by atoms with Gasteiger partial charge in [0.15, 0.2) is 5.78 Å². The molecule has 3 aromatic rings. The van der Waals surface area contributed by atoms with Gasteiger partial charge in [0.25, 0.3) is 0 Å². The summed E-state index contributed by atoms with van der Waals surface area (Å²) in [5.74, 6) is 0.813. The van der Waals surface area contributed by atoms with Crippen molar-refractivity contribution in [3.8, 4) is 5.75 Å². The number of aryl methyl sites for hydroxylation is 1. The van der Waals surface area contributed by atoms with Crippen molar-refractivity contribution in [3.63, 3.8) is 0 Å². The Labute approximate surface area is 200 Å². The highest BCUT2D eigenvalue weighted by Gasteiger charge is 2.22. The normalized spacial score (nSPS) is 14.1. The predicted molar refractivity (Wildman–Crippen MR) is 133 cm³/mol. The lowest BCUT2D eigenvalue weighted by Gasteiger charge is -2.32. The fourth-order valence-electron chi connectivity index (χ4n) is 3.70. The summed E-state index contributed by atoms with van der Waals surface area (Å²) in [5.41, 5.74) is 0.856. The summed E-state index contributed by atoms with van der Waals surface area (Å²) in [7, 11) is 0. The molecule has 0 radical (unpaired) electrons. The zero-order valence-corrected chi connectivity index (χ0v) is 20.1. The van der Waals surface area contributed by atoms with E-state index < -0.39 is 12.2 Å². The summed E-state index contributed by atoms with van der Waals surface area (Å²) in [5, 5.41) is 21.5. The number of ketones is 1. The van der Waals surface area contributed by atoms with Crippen LogP contribution >= 0.6 is 11.3 Å². The van der Waals surface area contributed by atoms with E-state index in [0.29, 0.717) is 13.1 Å². The van der Waals surface area contributed by atoms with Crippen molar-refractivity contribution in [2.75, 3.05) is 19.7 Å². The average molecular weight is 468 g/mol. The second-order valence-electron chi connectivity index (χ2n) is 8.37. The Balaban J connectivity index is 1.61. The Hall–Kier alpha value is -2.51. The smallest absolute Gasteiger partial charge is 0.169 e. The van der Waals surface area contributed by atoms with Gasteiger partial charge in [-0.2, -0.15) is 0 Å². The molecule has 1 aromatic heterocycles. The van der Waals surface area contributed by atoms with Crippen molar-refractivity contribution in [1.82, 2.24) is 4.90 Å². The van der Waals surface area contributed by atoms with Gasteiger partial charge in [0.05, 0.1) is 11.0 Å². The summed E-state index contributed by atoms with van der Waals surface area (Å²) in [6.07, 6.45) is 0.350. The van der Waals surface area contributed by atoms with E-state index in [-0.39, 0.29) is 18.4 Å². The van der Waals surface area contributed by atoms with Crippen LogP contribution in [0.4, 0.5) is 0 Å². The molecular formula is C27H33NO4S. The highest BCUT2D eigenvalue weighted by Crippen LogP contribution is 2.22. The van der Waals surface area contributed by atoms with Crippen LogP contribution in [0.1, 0.15) is 46.5 Å². The van der Waals surface area contributed by atoms with E-state index >= 15 is 0 Å². The SMILES string of the molecule is CC(=O)c1ccc(CCC(C)N(CC(O)COc2ccccc2)C[C@H](O)c2ccccc2)s1. The van der Waals surface area contributed by atoms with Crippen LogP contribution in [0.2, 0.25) is 0 Å². The van der Waals surface area contributed by atoms with Crippen LogP contribution in [0.25, 0.3) is 0 Å².